The smallest absolute Gasteiger partial charge is 0.319 e. The van der Waals surface area contributed by atoms with Crippen LogP contribution in [-0.2, 0) is 9.47 Å². The van der Waals surface area contributed by atoms with Gasteiger partial charge < -0.3 is 30.5 Å². The van der Waals surface area contributed by atoms with E-state index in [2.05, 4.69) is 16.0 Å². The molecule has 7 heteroatoms. The molecule has 7 nitrogen and oxygen atoms in total. The third kappa shape index (κ3) is 3.75. The van der Waals surface area contributed by atoms with Crippen LogP contribution in [0.4, 0.5) is 10.5 Å². The van der Waals surface area contributed by atoms with E-state index in [9.17, 15) is 9.90 Å². The molecule has 2 amide bonds. The van der Waals surface area contributed by atoms with Gasteiger partial charge in [0.15, 0.2) is 0 Å². The molecule has 2 fully saturated rings. The monoisotopic (exact) mass is 307 g/mol. The third-order valence-electron chi connectivity index (χ3n) is 3.87. The average molecular weight is 307 g/mol. The molecule has 4 N–H and O–H groups in total. The van der Waals surface area contributed by atoms with Gasteiger partial charge in [-0.3, -0.25) is 0 Å². The molecule has 0 bridgehead atoms. The first kappa shape index (κ1) is 15.2. The van der Waals surface area contributed by atoms with E-state index in [4.69, 9.17) is 9.47 Å². The minimum atomic E-state index is -0.641. The Bertz CT molecular complexity index is 495. The molecule has 120 valence electrons. The van der Waals surface area contributed by atoms with E-state index in [1.165, 1.54) is 0 Å². The van der Waals surface area contributed by atoms with Crippen LogP contribution < -0.4 is 16.0 Å². The van der Waals surface area contributed by atoms with Gasteiger partial charge in [0, 0.05) is 12.2 Å². The zero-order valence-electron chi connectivity index (χ0n) is 12.2. The van der Waals surface area contributed by atoms with Crippen LogP contribution in [0.25, 0.3) is 0 Å². The first-order valence-electron chi connectivity index (χ1n) is 7.46. The summed E-state index contributed by atoms with van der Waals surface area (Å²) in [6, 6.07) is 9.05. The number of nitrogens with one attached hydrogen (secondary N) is 3. The summed E-state index contributed by atoms with van der Waals surface area (Å²) in [6.07, 6.45) is -1.04. The molecule has 0 spiro atoms. The van der Waals surface area contributed by atoms with Gasteiger partial charge in [-0.15, -0.1) is 0 Å². The summed E-state index contributed by atoms with van der Waals surface area (Å²) in [5, 5.41) is 19.0. The van der Waals surface area contributed by atoms with E-state index in [1.54, 1.807) is 12.1 Å². The van der Waals surface area contributed by atoms with Crippen LogP contribution in [0, 0.1) is 0 Å². The van der Waals surface area contributed by atoms with E-state index >= 15 is 0 Å². The summed E-state index contributed by atoms with van der Waals surface area (Å²) in [5.41, 5.74) is 0.720. The van der Waals surface area contributed by atoms with Crippen molar-refractivity contribution in [3.63, 3.8) is 0 Å². The molecule has 3 rings (SSSR count). The number of amides is 2. The Balaban J connectivity index is 1.40. The average Bonchev–Trinajstić information content (AvgIpc) is 2.82. The number of urea groups is 1. The summed E-state index contributed by atoms with van der Waals surface area (Å²) in [5.74, 6) is 0. The van der Waals surface area contributed by atoms with Gasteiger partial charge in [0.05, 0.1) is 38.0 Å². The number of hydrogen-bond acceptors (Lipinski definition) is 5. The Kier molecular flexibility index (Phi) is 4.89. The van der Waals surface area contributed by atoms with Crippen molar-refractivity contribution in [2.24, 2.45) is 0 Å². The van der Waals surface area contributed by atoms with Crippen LogP contribution >= 0.6 is 0 Å². The first-order valence-corrected chi connectivity index (χ1v) is 7.46. The second-order valence-electron chi connectivity index (χ2n) is 5.57. The van der Waals surface area contributed by atoms with Crippen molar-refractivity contribution in [1.82, 2.24) is 10.6 Å². The fourth-order valence-electron chi connectivity index (χ4n) is 2.53. The molecule has 2 aliphatic heterocycles. The lowest BCUT2D eigenvalue weighted by Gasteiger charge is -2.30. The fraction of sp³-hybridized carbons (Fsp3) is 0.533. The number of aliphatic hydroxyl groups excluding tert-OH is 1. The van der Waals surface area contributed by atoms with E-state index in [-0.39, 0.29) is 24.7 Å². The lowest BCUT2D eigenvalue weighted by Crippen LogP contribution is -2.55. The Morgan fingerprint density at radius 1 is 1.23 bits per heavy atom. The van der Waals surface area contributed by atoms with Gasteiger partial charge in [-0.1, -0.05) is 18.2 Å². The minimum absolute atomic E-state index is 0.113. The van der Waals surface area contributed by atoms with Crippen LogP contribution in [0.2, 0.25) is 0 Å². The fourth-order valence-corrected chi connectivity index (χ4v) is 2.53. The molecule has 1 aromatic carbocycles. The Hall–Kier alpha value is -1.67. The molecule has 0 radical (unpaired) electrons. The number of rotatable bonds is 5. The van der Waals surface area contributed by atoms with Gasteiger partial charge in [0.1, 0.15) is 6.10 Å². The van der Waals surface area contributed by atoms with Crippen molar-refractivity contribution >= 4 is 11.7 Å². The largest absolute Gasteiger partial charge is 0.389 e. The maximum atomic E-state index is 11.8. The lowest BCUT2D eigenvalue weighted by molar-refractivity contribution is -0.0165. The zero-order valence-corrected chi connectivity index (χ0v) is 12.2. The topological polar surface area (TPSA) is 91.9 Å². The molecular formula is C15H21N3O4. The van der Waals surface area contributed by atoms with Crippen molar-refractivity contribution in [2.45, 2.75) is 24.3 Å². The molecule has 0 aromatic heterocycles. The highest BCUT2D eigenvalue weighted by Crippen LogP contribution is 2.16. The van der Waals surface area contributed by atoms with E-state index in [0.29, 0.717) is 19.8 Å². The molecule has 1 aromatic rings. The Labute approximate surface area is 129 Å². The summed E-state index contributed by atoms with van der Waals surface area (Å²) in [7, 11) is 0. The third-order valence-corrected chi connectivity index (χ3v) is 3.87. The van der Waals surface area contributed by atoms with E-state index in [0.717, 1.165) is 5.69 Å². The number of anilines is 1. The van der Waals surface area contributed by atoms with Crippen molar-refractivity contribution < 1.29 is 19.4 Å². The molecule has 22 heavy (non-hydrogen) atoms. The second kappa shape index (κ2) is 7.06. The molecule has 0 unspecified atom stereocenters. The van der Waals surface area contributed by atoms with E-state index < -0.39 is 12.2 Å². The van der Waals surface area contributed by atoms with Gasteiger partial charge in [-0.05, 0) is 12.1 Å². The molecule has 3 atom stereocenters. The summed E-state index contributed by atoms with van der Waals surface area (Å²) < 4.78 is 10.6. The lowest BCUT2D eigenvalue weighted by atomic mass is 10.1. The highest BCUT2D eigenvalue weighted by molar-refractivity contribution is 5.89. The maximum Gasteiger partial charge on any atom is 0.319 e. The van der Waals surface area contributed by atoms with Crippen LogP contribution in [0.1, 0.15) is 0 Å². The number of para-hydroxylation sites is 1. The molecule has 2 aliphatic rings. The van der Waals surface area contributed by atoms with Crippen molar-refractivity contribution in [2.75, 3.05) is 31.7 Å². The molecule has 0 aliphatic carbocycles. The minimum Gasteiger partial charge on any atom is -0.389 e. The van der Waals surface area contributed by atoms with Crippen LogP contribution in [0.5, 0.6) is 0 Å². The summed E-state index contributed by atoms with van der Waals surface area (Å²) >= 11 is 0. The van der Waals surface area contributed by atoms with Crippen molar-refractivity contribution in [1.29, 1.82) is 0 Å². The number of carbonyl (C=O) groups is 1. The van der Waals surface area contributed by atoms with Crippen LogP contribution in [-0.4, -0.2) is 61.8 Å². The predicted molar refractivity (Wildman–Crippen MR) is 80.7 cm³/mol. The molecular weight excluding hydrogens is 286 g/mol. The maximum absolute atomic E-state index is 11.8. The second-order valence-corrected chi connectivity index (χ2v) is 5.57. The predicted octanol–water partition coefficient (Wildman–Crippen LogP) is -0.0752. The molecule has 0 saturated carbocycles. The van der Waals surface area contributed by atoms with Crippen LogP contribution in [0.15, 0.2) is 30.3 Å². The number of benzene rings is 1. The van der Waals surface area contributed by atoms with Crippen molar-refractivity contribution in [3.8, 4) is 0 Å². The zero-order chi connectivity index (χ0) is 15.4. The van der Waals surface area contributed by atoms with E-state index in [1.807, 2.05) is 18.2 Å². The Morgan fingerprint density at radius 2 is 2.00 bits per heavy atom. The molecule has 2 saturated heterocycles. The number of hydrogen-bond donors (Lipinski definition) is 4. The van der Waals surface area contributed by atoms with Crippen molar-refractivity contribution in [3.05, 3.63) is 30.3 Å². The first-order chi connectivity index (χ1) is 10.7. The summed E-state index contributed by atoms with van der Waals surface area (Å²) in [6.45, 7) is 2.04. The van der Waals surface area contributed by atoms with Crippen LogP contribution in [0.3, 0.4) is 0 Å². The summed E-state index contributed by atoms with van der Waals surface area (Å²) in [4.78, 5) is 11.8. The number of aliphatic hydroxyl groups is 1. The number of ether oxygens (including phenoxy) is 2. The SMILES string of the molecule is O=C(NC[C@H]1OC[C@@H](NC2COC2)[C@@H]1O)Nc1ccccc1. The molecule has 2 heterocycles. The number of carbonyl (C=O) groups excluding carboxylic acids is 1. The van der Waals surface area contributed by atoms with Gasteiger partial charge in [0.2, 0.25) is 0 Å². The highest BCUT2D eigenvalue weighted by Gasteiger charge is 2.37. The Morgan fingerprint density at radius 3 is 2.68 bits per heavy atom. The standard InChI is InChI=1S/C15H21N3O4/c19-14-12(17-11-7-21-8-11)9-22-13(14)6-16-15(20)18-10-4-2-1-3-5-10/h1-5,11-14,17,19H,6-9H2,(H2,16,18,20)/t12-,13-,14+/m1/s1. The highest BCUT2D eigenvalue weighted by atomic mass is 16.5. The van der Waals surface area contributed by atoms with Gasteiger partial charge in [-0.2, -0.15) is 0 Å². The quantitative estimate of drug-likeness (QED) is 0.611. The van der Waals surface area contributed by atoms with Gasteiger partial charge in [-0.25, -0.2) is 4.79 Å². The van der Waals surface area contributed by atoms with Gasteiger partial charge >= 0.3 is 6.03 Å². The normalized spacial score (nSPS) is 28.1. The van der Waals surface area contributed by atoms with Gasteiger partial charge in [0.25, 0.3) is 0 Å².